The second-order valence-electron chi connectivity index (χ2n) is 6.88. The molecular formula is C21H21N5O2S. The Morgan fingerprint density at radius 3 is 2.83 bits per heavy atom. The van der Waals surface area contributed by atoms with Gasteiger partial charge in [0.25, 0.3) is 5.56 Å². The van der Waals surface area contributed by atoms with Crippen LogP contribution in [-0.4, -0.2) is 25.7 Å². The fourth-order valence-electron chi connectivity index (χ4n) is 3.11. The van der Waals surface area contributed by atoms with E-state index in [1.807, 2.05) is 50.4 Å². The molecule has 0 spiro atoms. The van der Waals surface area contributed by atoms with Crippen molar-refractivity contribution in [2.24, 2.45) is 0 Å². The minimum absolute atomic E-state index is 0.0984. The number of benzene rings is 1. The largest absolute Gasteiger partial charge is 0.352 e. The third-order valence-electron chi connectivity index (χ3n) is 4.82. The molecule has 0 saturated heterocycles. The Bertz CT molecular complexity index is 1220. The summed E-state index contributed by atoms with van der Waals surface area (Å²) in [6.45, 7) is 4.31. The molecule has 29 heavy (non-hydrogen) atoms. The van der Waals surface area contributed by atoms with Crippen LogP contribution in [0.3, 0.4) is 0 Å². The first-order valence-corrected chi connectivity index (χ1v) is 10.2. The zero-order valence-corrected chi connectivity index (χ0v) is 17.0. The van der Waals surface area contributed by atoms with Gasteiger partial charge >= 0.3 is 0 Å². The number of carbonyl (C=O) groups is 1. The van der Waals surface area contributed by atoms with Crippen LogP contribution in [0.4, 0.5) is 0 Å². The zero-order valence-electron chi connectivity index (χ0n) is 16.2. The number of nitrogens with zero attached hydrogens (tertiary/aromatic N) is 3. The summed E-state index contributed by atoms with van der Waals surface area (Å²) in [5, 5.41) is 7.86. The number of fused-ring (bicyclic) bond motifs is 1. The number of aromatic nitrogens is 4. The van der Waals surface area contributed by atoms with Crippen molar-refractivity contribution in [1.82, 2.24) is 25.1 Å². The standard InChI is InChI=1S/C21H21N5O2S/c1-13-14(2)29-21-19(13)20(28)24-17(25-21)8-9-18(27)22-10-15-11-23-26(12-15)16-6-4-3-5-7-16/h3-7,11-12H,8-10H2,1-2H3,(H,22,27)(H,24,25,28). The average Bonchev–Trinajstić information content (AvgIpc) is 3.30. The SMILES string of the molecule is Cc1sc2nc(CCC(=O)NCc3cnn(-c4ccccc4)c3)[nH]c(=O)c2c1C. The summed E-state index contributed by atoms with van der Waals surface area (Å²) in [5.74, 6) is 0.439. The summed E-state index contributed by atoms with van der Waals surface area (Å²) < 4.78 is 1.77. The van der Waals surface area contributed by atoms with Crippen molar-refractivity contribution in [3.05, 3.63) is 74.9 Å². The topological polar surface area (TPSA) is 92.7 Å². The number of hydrogen-bond donors (Lipinski definition) is 2. The summed E-state index contributed by atoms with van der Waals surface area (Å²) in [6, 6.07) is 9.79. The van der Waals surface area contributed by atoms with Crippen LogP contribution in [0.15, 0.2) is 47.5 Å². The third-order valence-corrected chi connectivity index (χ3v) is 5.92. The number of carbonyl (C=O) groups excluding carboxylic acids is 1. The Hall–Kier alpha value is -3.26. The summed E-state index contributed by atoms with van der Waals surface area (Å²) in [4.78, 5) is 33.7. The van der Waals surface area contributed by atoms with E-state index in [4.69, 9.17) is 0 Å². The predicted molar refractivity (Wildman–Crippen MR) is 113 cm³/mol. The van der Waals surface area contributed by atoms with Gasteiger partial charge < -0.3 is 10.3 Å². The summed E-state index contributed by atoms with van der Waals surface area (Å²) in [6.07, 6.45) is 4.27. The van der Waals surface area contributed by atoms with E-state index in [-0.39, 0.29) is 17.9 Å². The Kier molecular flexibility index (Phi) is 5.26. The van der Waals surface area contributed by atoms with E-state index in [1.165, 1.54) is 11.3 Å². The van der Waals surface area contributed by atoms with E-state index in [9.17, 15) is 9.59 Å². The molecule has 4 aromatic rings. The molecule has 2 N–H and O–H groups in total. The monoisotopic (exact) mass is 407 g/mol. The van der Waals surface area contributed by atoms with Crippen LogP contribution >= 0.6 is 11.3 Å². The quantitative estimate of drug-likeness (QED) is 0.514. The first-order chi connectivity index (χ1) is 14.0. The number of H-pyrrole nitrogens is 1. The highest BCUT2D eigenvalue weighted by Gasteiger charge is 2.12. The molecule has 0 atom stereocenters. The van der Waals surface area contributed by atoms with E-state index < -0.39 is 0 Å². The van der Waals surface area contributed by atoms with Gasteiger partial charge in [-0.25, -0.2) is 9.67 Å². The molecule has 148 valence electrons. The van der Waals surface area contributed by atoms with Gasteiger partial charge in [-0.1, -0.05) is 18.2 Å². The van der Waals surface area contributed by atoms with Crippen LogP contribution in [0, 0.1) is 13.8 Å². The van der Waals surface area contributed by atoms with Crippen LogP contribution in [0.1, 0.15) is 28.2 Å². The number of amides is 1. The van der Waals surface area contributed by atoms with Crippen LogP contribution in [-0.2, 0) is 17.8 Å². The molecule has 0 aliphatic rings. The lowest BCUT2D eigenvalue weighted by Gasteiger charge is -2.04. The smallest absolute Gasteiger partial charge is 0.259 e. The van der Waals surface area contributed by atoms with Gasteiger partial charge in [-0.3, -0.25) is 9.59 Å². The molecule has 0 saturated carbocycles. The maximum atomic E-state index is 12.3. The highest BCUT2D eigenvalue weighted by atomic mass is 32.1. The lowest BCUT2D eigenvalue weighted by atomic mass is 10.2. The molecule has 1 amide bonds. The number of nitrogens with one attached hydrogen (secondary N) is 2. The van der Waals surface area contributed by atoms with E-state index in [2.05, 4.69) is 20.4 Å². The molecule has 0 aliphatic carbocycles. The van der Waals surface area contributed by atoms with Gasteiger partial charge in [0.05, 0.1) is 17.3 Å². The van der Waals surface area contributed by atoms with Gasteiger partial charge in [-0.2, -0.15) is 5.10 Å². The molecule has 4 rings (SSSR count). The van der Waals surface area contributed by atoms with Gasteiger partial charge in [0.2, 0.25) is 5.91 Å². The van der Waals surface area contributed by atoms with Gasteiger partial charge in [0, 0.05) is 36.0 Å². The molecule has 0 radical (unpaired) electrons. The van der Waals surface area contributed by atoms with Gasteiger partial charge in [-0.15, -0.1) is 11.3 Å². The first kappa shape index (κ1) is 19.1. The Balaban J connectivity index is 1.34. The zero-order chi connectivity index (χ0) is 20.4. The second-order valence-corrected chi connectivity index (χ2v) is 8.08. The molecule has 0 fully saturated rings. The number of rotatable bonds is 6. The third kappa shape index (κ3) is 4.12. The highest BCUT2D eigenvalue weighted by molar-refractivity contribution is 7.18. The number of para-hydroxylation sites is 1. The molecular weight excluding hydrogens is 386 g/mol. The highest BCUT2D eigenvalue weighted by Crippen LogP contribution is 2.25. The van der Waals surface area contributed by atoms with Crippen molar-refractivity contribution in [2.75, 3.05) is 0 Å². The maximum absolute atomic E-state index is 12.3. The van der Waals surface area contributed by atoms with Crippen LogP contribution in [0.2, 0.25) is 0 Å². The minimum Gasteiger partial charge on any atom is -0.352 e. The number of aryl methyl sites for hydroxylation is 3. The van der Waals surface area contributed by atoms with E-state index in [0.29, 0.717) is 24.2 Å². The van der Waals surface area contributed by atoms with Crippen LogP contribution in [0.25, 0.3) is 15.9 Å². The molecule has 1 aromatic carbocycles. The van der Waals surface area contributed by atoms with Crippen molar-refractivity contribution in [1.29, 1.82) is 0 Å². The minimum atomic E-state index is -0.138. The summed E-state index contributed by atoms with van der Waals surface area (Å²) in [7, 11) is 0. The summed E-state index contributed by atoms with van der Waals surface area (Å²) in [5.41, 5.74) is 2.72. The fraction of sp³-hybridized carbons (Fsp3) is 0.238. The fourth-order valence-corrected chi connectivity index (χ4v) is 4.16. The van der Waals surface area contributed by atoms with Crippen molar-refractivity contribution in [2.45, 2.75) is 33.2 Å². The predicted octanol–water partition coefficient (Wildman–Crippen LogP) is 3.04. The average molecular weight is 407 g/mol. The van der Waals surface area contributed by atoms with E-state index >= 15 is 0 Å². The van der Waals surface area contributed by atoms with Crippen molar-refractivity contribution in [3.8, 4) is 5.69 Å². The normalized spacial score (nSPS) is 11.1. The van der Waals surface area contributed by atoms with Crippen molar-refractivity contribution in [3.63, 3.8) is 0 Å². The van der Waals surface area contributed by atoms with Gasteiger partial charge in [0.1, 0.15) is 10.7 Å². The van der Waals surface area contributed by atoms with Crippen molar-refractivity contribution < 1.29 is 4.79 Å². The van der Waals surface area contributed by atoms with Crippen LogP contribution < -0.4 is 10.9 Å². The lowest BCUT2D eigenvalue weighted by Crippen LogP contribution is -2.23. The molecule has 3 heterocycles. The first-order valence-electron chi connectivity index (χ1n) is 9.36. The molecule has 3 aromatic heterocycles. The Labute approximate surface area is 171 Å². The molecule has 7 nitrogen and oxygen atoms in total. The number of hydrogen-bond acceptors (Lipinski definition) is 5. The lowest BCUT2D eigenvalue weighted by molar-refractivity contribution is -0.121. The van der Waals surface area contributed by atoms with E-state index in [1.54, 1.807) is 10.9 Å². The number of thiophene rings is 1. The van der Waals surface area contributed by atoms with E-state index in [0.717, 1.165) is 26.5 Å². The Morgan fingerprint density at radius 2 is 2.03 bits per heavy atom. The molecule has 0 bridgehead atoms. The van der Waals surface area contributed by atoms with Crippen LogP contribution in [0.5, 0.6) is 0 Å². The second kappa shape index (κ2) is 8.00. The van der Waals surface area contributed by atoms with Gasteiger partial charge in [0.15, 0.2) is 0 Å². The summed E-state index contributed by atoms with van der Waals surface area (Å²) >= 11 is 1.51. The molecule has 0 aliphatic heterocycles. The number of aromatic amines is 1. The van der Waals surface area contributed by atoms with Gasteiger partial charge in [-0.05, 0) is 31.5 Å². The Morgan fingerprint density at radius 1 is 1.24 bits per heavy atom. The van der Waals surface area contributed by atoms with Crippen molar-refractivity contribution >= 4 is 27.5 Å². The molecule has 8 heteroatoms. The molecule has 0 unspecified atom stereocenters. The maximum Gasteiger partial charge on any atom is 0.259 e.